The molecule has 4 nitrogen and oxygen atoms in total. The largest absolute Gasteiger partial charge is 0.343 e. The van der Waals surface area contributed by atoms with Crippen molar-refractivity contribution in [2.45, 2.75) is 51.7 Å². The molecule has 1 aliphatic rings. The fourth-order valence-corrected chi connectivity index (χ4v) is 3.40. The molecule has 1 fully saturated rings. The van der Waals surface area contributed by atoms with Crippen LogP contribution in [0.1, 0.15) is 43.6 Å². The van der Waals surface area contributed by atoms with Crippen molar-refractivity contribution in [2.24, 2.45) is 5.73 Å². The molecule has 0 aromatic carbocycles. The summed E-state index contributed by atoms with van der Waals surface area (Å²) in [5, 5.41) is 0. The number of aromatic nitrogens is 1. The maximum atomic E-state index is 12.8. The van der Waals surface area contributed by atoms with Gasteiger partial charge in [-0.05, 0) is 55.1 Å². The summed E-state index contributed by atoms with van der Waals surface area (Å²) in [5.74, 6) is 0.107. The Hall–Kier alpha value is -0.810. The first-order valence-electron chi connectivity index (χ1n) is 6.96. The predicted molar refractivity (Wildman–Crippen MR) is 80.1 cm³/mol. The molecular weight excluding hydrogens is 306 g/mol. The predicted octanol–water partition coefficient (Wildman–Crippen LogP) is 2.61. The van der Waals surface area contributed by atoms with Crippen LogP contribution in [0.5, 0.6) is 0 Å². The average Bonchev–Trinajstić information content (AvgIpc) is 2.78. The third-order valence-corrected chi connectivity index (χ3v) is 4.39. The SMILES string of the molecule is CCn1cc(Br)cc1C(=O)N1C(C)CCCC1CN. The van der Waals surface area contributed by atoms with E-state index in [4.69, 9.17) is 5.73 Å². The van der Waals surface area contributed by atoms with Crippen LogP contribution in [0.4, 0.5) is 0 Å². The summed E-state index contributed by atoms with van der Waals surface area (Å²) in [5.41, 5.74) is 6.59. The van der Waals surface area contributed by atoms with Gasteiger partial charge in [-0.3, -0.25) is 4.79 Å². The van der Waals surface area contributed by atoms with Crippen LogP contribution < -0.4 is 5.73 Å². The van der Waals surface area contributed by atoms with Crippen LogP contribution in [0.15, 0.2) is 16.7 Å². The number of halogens is 1. The third kappa shape index (κ3) is 2.87. The molecule has 0 bridgehead atoms. The van der Waals surface area contributed by atoms with Crippen molar-refractivity contribution in [3.63, 3.8) is 0 Å². The number of amides is 1. The van der Waals surface area contributed by atoms with Gasteiger partial charge in [-0.15, -0.1) is 0 Å². The zero-order valence-corrected chi connectivity index (χ0v) is 13.2. The summed E-state index contributed by atoms with van der Waals surface area (Å²) in [7, 11) is 0. The van der Waals surface area contributed by atoms with Crippen molar-refractivity contribution in [1.29, 1.82) is 0 Å². The van der Waals surface area contributed by atoms with Gasteiger partial charge in [-0.2, -0.15) is 0 Å². The molecule has 0 radical (unpaired) electrons. The quantitative estimate of drug-likeness (QED) is 0.927. The summed E-state index contributed by atoms with van der Waals surface area (Å²) < 4.78 is 2.94. The Balaban J connectivity index is 2.30. The molecule has 106 valence electrons. The first-order valence-corrected chi connectivity index (χ1v) is 7.76. The molecule has 1 saturated heterocycles. The van der Waals surface area contributed by atoms with Gasteiger partial charge < -0.3 is 15.2 Å². The first kappa shape index (κ1) is 14.6. The van der Waals surface area contributed by atoms with E-state index in [0.29, 0.717) is 6.54 Å². The fraction of sp³-hybridized carbons (Fsp3) is 0.643. The number of rotatable bonds is 3. The van der Waals surface area contributed by atoms with Crippen LogP contribution in [0.2, 0.25) is 0 Å². The molecule has 0 aliphatic carbocycles. The zero-order valence-electron chi connectivity index (χ0n) is 11.6. The summed E-state index contributed by atoms with van der Waals surface area (Å²) in [4.78, 5) is 14.8. The lowest BCUT2D eigenvalue weighted by molar-refractivity contribution is 0.0483. The standard InChI is InChI=1S/C14H22BrN3O/c1-3-17-9-11(15)7-13(17)14(19)18-10(2)5-4-6-12(18)8-16/h7,9-10,12H,3-6,8,16H2,1-2H3. The summed E-state index contributed by atoms with van der Waals surface area (Å²) >= 11 is 3.45. The maximum Gasteiger partial charge on any atom is 0.271 e. The molecule has 0 saturated carbocycles. The Morgan fingerprint density at radius 1 is 1.53 bits per heavy atom. The van der Waals surface area contributed by atoms with Gasteiger partial charge in [0.1, 0.15) is 5.69 Å². The minimum atomic E-state index is 0.107. The van der Waals surface area contributed by atoms with Gasteiger partial charge in [0.2, 0.25) is 0 Å². The molecule has 2 rings (SSSR count). The van der Waals surface area contributed by atoms with Crippen molar-refractivity contribution in [1.82, 2.24) is 9.47 Å². The molecule has 19 heavy (non-hydrogen) atoms. The average molecular weight is 328 g/mol. The Kier molecular flexibility index (Phi) is 4.68. The molecule has 2 atom stereocenters. The number of likely N-dealkylation sites (tertiary alicyclic amines) is 1. The van der Waals surface area contributed by atoms with Crippen LogP contribution in [0, 0.1) is 0 Å². The van der Waals surface area contributed by atoms with E-state index >= 15 is 0 Å². The van der Waals surface area contributed by atoms with E-state index in [9.17, 15) is 4.79 Å². The summed E-state index contributed by atoms with van der Waals surface area (Å²) in [6, 6.07) is 2.35. The number of nitrogens with zero attached hydrogens (tertiary/aromatic N) is 2. The van der Waals surface area contributed by atoms with Gasteiger partial charge in [0.15, 0.2) is 0 Å². The molecule has 1 aromatic heterocycles. The van der Waals surface area contributed by atoms with Crippen LogP contribution in [-0.2, 0) is 6.54 Å². The number of piperidine rings is 1. The van der Waals surface area contributed by atoms with Crippen LogP contribution >= 0.6 is 15.9 Å². The monoisotopic (exact) mass is 327 g/mol. The highest BCUT2D eigenvalue weighted by Gasteiger charge is 2.32. The van der Waals surface area contributed by atoms with E-state index in [-0.39, 0.29) is 18.0 Å². The number of carbonyl (C=O) groups is 1. The van der Waals surface area contributed by atoms with Crippen LogP contribution in [0.3, 0.4) is 0 Å². The smallest absolute Gasteiger partial charge is 0.271 e. The van der Waals surface area contributed by atoms with E-state index in [0.717, 1.165) is 36.0 Å². The highest BCUT2D eigenvalue weighted by molar-refractivity contribution is 9.10. The van der Waals surface area contributed by atoms with Crippen LogP contribution in [-0.4, -0.2) is 34.0 Å². The van der Waals surface area contributed by atoms with E-state index in [1.807, 2.05) is 28.7 Å². The van der Waals surface area contributed by atoms with Crippen molar-refractivity contribution in [2.75, 3.05) is 6.54 Å². The number of carbonyl (C=O) groups excluding carboxylic acids is 1. The lowest BCUT2D eigenvalue weighted by Crippen LogP contribution is -2.52. The zero-order chi connectivity index (χ0) is 14.0. The fourth-order valence-electron chi connectivity index (χ4n) is 2.93. The third-order valence-electron chi connectivity index (χ3n) is 3.96. The Labute approximate surface area is 123 Å². The second kappa shape index (κ2) is 6.09. The van der Waals surface area contributed by atoms with Gasteiger partial charge >= 0.3 is 0 Å². The van der Waals surface area contributed by atoms with Crippen molar-refractivity contribution in [3.05, 3.63) is 22.4 Å². The first-order chi connectivity index (χ1) is 9.08. The van der Waals surface area contributed by atoms with Crippen LogP contribution in [0.25, 0.3) is 0 Å². The molecule has 0 spiro atoms. The van der Waals surface area contributed by atoms with Gasteiger partial charge in [0.05, 0.1) is 0 Å². The van der Waals surface area contributed by atoms with Gasteiger partial charge in [-0.1, -0.05) is 0 Å². The van der Waals surface area contributed by atoms with E-state index < -0.39 is 0 Å². The maximum absolute atomic E-state index is 12.8. The number of hydrogen-bond donors (Lipinski definition) is 1. The van der Waals surface area contributed by atoms with Gasteiger partial charge in [0.25, 0.3) is 5.91 Å². The Morgan fingerprint density at radius 2 is 2.26 bits per heavy atom. The topological polar surface area (TPSA) is 51.3 Å². The van der Waals surface area contributed by atoms with E-state index in [2.05, 4.69) is 22.9 Å². The molecule has 1 aliphatic heterocycles. The second-order valence-electron chi connectivity index (χ2n) is 5.21. The minimum absolute atomic E-state index is 0.107. The highest BCUT2D eigenvalue weighted by Crippen LogP contribution is 2.26. The highest BCUT2D eigenvalue weighted by atomic mass is 79.9. The number of aryl methyl sites for hydroxylation is 1. The van der Waals surface area contributed by atoms with Gasteiger partial charge in [0, 0.05) is 35.8 Å². The molecule has 2 N–H and O–H groups in total. The lowest BCUT2D eigenvalue weighted by atomic mass is 9.96. The number of nitrogens with two attached hydrogens (primary N) is 1. The molecule has 1 aromatic rings. The molecule has 2 heterocycles. The summed E-state index contributed by atoms with van der Waals surface area (Å²) in [6.07, 6.45) is 5.20. The molecular formula is C14H22BrN3O. The molecule has 2 unspecified atom stereocenters. The number of hydrogen-bond acceptors (Lipinski definition) is 2. The van der Waals surface area contributed by atoms with Crippen molar-refractivity contribution < 1.29 is 4.79 Å². The van der Waals surface area contributed by atoms with E-state index in [1.54, 1.807) is 0 Å². The second-order valence-corrected chi connectivity index (χ2v) is 6.13. The van der Waals surface area contributed by atoms with Gasteiger partial charge in [-0.25, -0.2) is 0 Å². The Morgan fingerprint density at radius 3 is 2.89 bits per heavy atom. The van der Waals surface area contributed by atoms with Crippen molar-refractivity contribution in [3.8, 4) is 0 Å². The summed E-state index contributed by atoms with van der Waals surface area (Å²) in [6.45, 7) is 5.50. The Bertz CT molecular complexity index is 458. The minimum Gasteiger partial charge on any atom is -0.343 e. The van der Waals surface area contributed by atoms with E-state index in [1.165, 1.54) is 0 Å². The molecule has 5 heteroatoms. The lowest BCUT2D eigenvalue weighted by Gasteiger charge is -2.40. The van der Waals surface area contributed by atoms with Crippen molar-refractivity contribution >= 4 is 21.8 Å². The molecule has 1 amide bonds. The normalized spacial score (nSPS) is 23.7.